The van der Waals surface area contributed by atoms with Crippen LogP contribution >= 0.6 is 8.15 Å². The normalized spacial score (nSPS) is 11.9. The summed E-state index contributed by atoms with van der Waals surface area (Å²) < 4.78 is 6.77. The number of nitrogens with zero attached hydrogens (tertiary/aromatic N) is 1. The van der Waals surface area contributed by atoms with Gasteiger partial charge in [0.05, 0.1) is 21.1 Å². The topological polar surface area (TPSA) is 43.4 Å². The lowest BCUT2D eigenvalue weighted by molar-refractivity contribution is -0.870. The number of carbonyl (C=O) groups is 2. The van der Waals surface area contributed by atoms with Gasteiger partial charge in [0.2, 0.25) is 0 Å². The molecule has 0 rings (SSSR count). The fourth-order valence-electron chi connectivity index (χ4n) is 4.77. The predicted octanol–water partition coefficient (Wildman–Crippen LogP) is 10.6. The second-order valence-corrected chi connectivity index (χ2v) is 14.3. The van der Waals surface area contributed by atoms with Crippen molar-refractivity contribution in [1.82, 2.24) is 0 Å². The molecule has 0 aliphatic heterocycles. The summed E-state index contributed by atoms with van der Waals surface area (Å²) in [6.07, 6.45) is 28.9. The first kappa shape index (κ1) is 37.7. The molecule has 0 radical (unpaired) electrons. The van der Waals surface area contributed by atoms with Crippen molar-refractivity contribution in [1.29, 1.82) is 0 Å². The highest BCUT2D eigenvalue weighted by atomic mass is 31.1. The number of quaternary nitrogens is 1. The fraction of sp³-hybridized carbons (Fsp3) is 0.939. The number of carbonyl (C=O) groups excluding carboxylic acids is 2. The molecule has 0 atom stereocenters. The van der Waals surface area contributed by atoms with Crippen molar-refractivity contribution in [2.24, 2.45) is 0 Å². The van der Waals surface area contributed by atoms with E-state index in [0.29, 0.717) is 19.4 Å². The van der Waals surface area contributed by atoms with Gasteiger partial charge < -0.3 is 9.01 Å². The van der Waals surface area contributed by atoms with Crippen molar-refractivity contribution in [3.8, 4) is 0 Å². The molecule has 0 aromatic carbocycles. The smallest absolute Gasteiger partial charge is 0.189 e. The summed E-state index contributed by atoms with van der Waals surface area (Å²) in [5, 5.41) is 0. The zero-order chi connectivity index (χ0) is 28.3. The van der Waals surface area contributed by atoms with Crippen LogP contribution in [0.4, 0.5) is 0 Å². The lowest BCUT2D eigenvalue weighted by Crippen LogP contribution is -2.37. The first-order chi connectivity index (χ1) is 18.3. The number of hydrogen-bond acceptors (Lipinski definition) is 3. The van der Waals surface area contributed by atoms with E-state index in [9.17, 15) is 9.59 Å². The van der Waals surface area contributed by atoms with Gasteiger partial charge in [-0.15, -0.1) is 0 Å². The van der Waals surface area contributed by atoms with Crippen LogP contribution < -0.4 is 0 Å². The second-order valence-electron chi connectivity index (χ2n) is 12.5. The van der Waals surface area contributed by atoms with Gasteiger partial charge in [0.1, 0.15) is 13.2 Å². The summed E-state index contributed by atoms with van der Waals surface area (Å²) in [6.45, 7) is 5.83. The summed E-state index contributed by atoms with van der Waals surface area (Å²) in [5.41, 5.74) is 0.149. The SMILES string of the molecule is CCCCCCCCCCCCCC(=O)P(OCC[N+](C)(C)C)C(=O)CCCCCCCCCCCCC. The Morgan fingerprint density at radius 1 is 0.500 bits per heavy atom. The van der Waals surface area contributed by atoms with Gasteiger partial charge >= 0.3 is 0 Å². The van der Waals surface area contributed by atoms with Crippen LogP contribution in [0.1, 0.15) is 168 Å². The summed E-state index contributed by atoms with van der Waals surface area (Å²) in [5.74, 6) is 0. The first-order valence-electron chi connectivity index (χ1n) is 16.6. The molecule has 38 heavy (non-hydrogen) atoms. The van der Waals surface area contributed by atoms with E-state index in [4.69, 9.17) is 4.52 Å². The molecule has 0 fully saturated rings. The predicted molar refractivity (Wildman–Crippen MR) is 168 cm³/mol. The molecule has 0 unspecified atom stereocenters. The van der Waals surface area contributed by atoms with Crippen LogP contribution in [0.5, 0.6) is 0 Å². The molecule has 0 aromatic heterocycles. The second kappa shape index (κ2) is 26.9. The molecule has 0 aliphatic rings. The quantitative estimate of drug-likeness (QED) is 0.0502. The largest absolute Gasteiger partial charge is 0.339 e. The molecule has 0 aromatic rings. The van der Waals surface area contributed by atoms with Gasteiger partial charge in [-0.25, -0.2) is 0 Å². The maximum atomic E-state index is 13.0. The Morgan fingerprint density at radius 3 is 1.08 bits per heavy atom. The van der Waals surface area contributed by atoms with Gasteiger partial charge in [-0.3, -0.25) is 9.59 Å². The van der Waals surface area contributed by atoms with Gasteiger partial charge in [-0.2, -0.15) is 0 Å². The molecule has 0 heterocycles. The van der Waals surface area contributed by atoms with Crippen molar-refractivity contribution in [3.05, 3.63) is 0 Å². The van der Waals surface area contributed by atoms with Crippen LogP contribution in [0, 0.1) is 0 Å². The molecule has 5 heteroatoms. The summed E-state index contributed by atoms with van der Waals surface area (Å²) >= 11 is 0. The number of rotatable bonds is 30. The van der Waals surface area contributed by atoms with Crippen LogP contribution in [-0.2, 0) is 14.1 Å². The van der Waals surface area contributed by atoms with Gasteiger partial charge in [0, 0.05) is 12.8 Å². The molecule has 226 valence electrons. The number of unbranched alkanes of at least 4 members (excludes halogenated alkanes) is 20. The zero-order valence-electron chi connectivity index (χ0n) is 26.5. The van der Waals surface area contributed by atoms with Gasteiger partial charge in [-0.05, 0) is 12.8 Å². The Morgan fingerprint density at radius 2 is 0.789 bits per heavy atom. The highest BCUT2D eigenvalue weighted by molar-refractivity contribution is 7.85. The van der Waals surface area contributed by atoms with E-state index in [1.54, 1.807) is 0 Å². The van der Waals surface area contributed by atoms with E-state index in [2.05, 4.69) is 35.0 Å². The zero-order valence-corrected chi connectivity index (χ0v) is 27.4. The third kappa shape index (κ3) is 25.9. The van der Waals surface area contributed by atoms with Crippen molar-refractivity contribution in [2.45, 2.75) is 168 Å². The summed E-state index contributed by atoms with van der Waals surface area (Å²) in [4.78, 5) is 26.0. The van der Waals surface area contributed by atoms with Gasteiger partial charge in [0.25, 0.3) is 0 Å². The van der Waals surface area contributed by atoms with E-state index >= 15 is 0 Å². The molecule has 0 amide bonds. The Bertz CT molecular complexity index is 509. The third-order valence-electron chi connectivity index (χ3n) is 7.42. The Hall–Kier alpha value is -0.310. The first-order valence-corrected chi connectivity index (χ1v) is 17.9. The lowest BCUT2D eigenvalue weighted by Gasteiger charge is -2.24. The van der Waals surface area contributed by atoms with Crippen molar-refractivity contribution in [2.75, 3.05) is 34.3 Å². The van der Waals surface area contributed by atoms with Crippen LogP contribution in [0.2, 0.25) is 0 Å². The average Bonchev–Trinajstić information content (AvgIpc) is 2.87. The molecule has 0 N–H and O–H groups in total. The molecule has 0 saturated carbocycles. The standard InChI is InChI=1S/C33H67NO3P/c1-6-8-10-12-14-16-18-20-22-24-26-28-32(35)38(37-31-30-34(3,4)5)33(36)29-27-25-23-21-19-17-15-13-11-9-7-2/h6-31H2,1-5H3/q+1. The average molecular weight is 557 g/mol. The summed E-state index contributed by atoms with van der Waals surface area (Å²) in [7, 11) is 4.75. The fourth-order valence-corrected chi connectivity index (χ4v) is 6.33. The van der Waals surface area contributed by atoms with Crippen LogP contribution in [-0.4, -0.2) is 49.8 Å². The van der Waals surface area contributed by atoms with E-state index < -0.39 is 8.15 Å². The monoisotopic (exact) mass is 556 g/mol. The van der Waals surface area contributed by atoms with Crippen LogP contribution in [0.3, 0.4) is 0 Å². The maximum Gasteiger partial charge on any atom is 0.189 e. The molecule has 0 spiro atoms. The van der Waals surface area contributed by atoms with E-state index in [0.717, 1.165) is 36.7 Å². The minimum absolute atomic E-state index is 0.0745. The van der Waals surface area contributed by atoms with Gasteiger partial charge in [-0.1, -0.05) is 142 Å². The maximum absolute atomic E-state index is 13.0. The minimum atomic E-state index is -1.60. The molecule has 4 nitrogen and oxygen atoms in total. The van der Waals surface area contributed by atoms with E-state index in [1.165, 1.54) is 116 Å². The summed E-state index contributed by atoms with van der Waals surface area (Å²) in [6, 6.07) is 0. The molecule has 0 aliphatic carbocycles. The van der Waals surface area contributed by atoms with Crippen LogP contribution in [0.25, 0.3) is 0 Å². The third-order valence-corrected chi connectivity index (χ3v) is 9.22. The highest BCUT2D eigenvalue weighted by Crippen LogP contribution is 2.42. The molecular weight excluding hydrogens is 489 g/mol. The lowest BCUT2D eigenvalue weighted by atomic mass is 10.1. The van der Waals surface area contributed by atoms with E-state index in [1.807, 2.05) is 0 Å². The minimum Gasteiger partial charge on any atom is -0.339 e. The van der Waals surface area contributed by atoms with Crippen molar-refractivity contribution < 1.29 is 18.6 Å². The van der Waals surface area contributed by atoms with Crippen molar-refractivity contribution >= 4 is 19.2 Å². The number of likely N-dealkylation sites (N-methyl/N-ethyl adjacent to an activating group) is 1. The highest BCUT2D eigenvalue weighted by Gasteiger charge is 2.27. The van der Waals surface area contributed by atoms with Crippen LogP contribution in [0.15, 0.2) is 0 Å². The molecule has 0 saturated heterocycles. The molecule has 0 bridgehead atoms. The Labute approximate surface area is 239 Å². The van der Waals surface area contributed by atoms with E-state index in [-0.39, 0.29) is 11.0 Å². The van der Waals surface area contributed by atoms with Gasteiger partial charge in [0.15, 0.2) is 19.2 Å². The van der Waals surface area contributed by atoms with Crippen molar-refractivity contribution in [3.63, 3.8) is 0 Å². The Balaban J connectivity index is 4.15. The number of hydrogen-bond donors (Lipinski definition) is 0. The molecular formula is C33H67NO3P+. The Kier molecular flexibility index (Phi) is 26.7.